The highest BCUT2D eigenvalue weighted by Gasteiger charge is 2.15. The Hall–Kier alpha value is -2.36. The maximum Gasteiger partial charge on any atom is 0.113 e. The molecule has 5 rings (SSSR count). The molecule has 6 bridgehead atoms. The van der Waals surface area contributed by atoms with Crippen molar-refractivity contribution in [2.24, 2.45) is 0 Å². The van der Waals surface area contributed by atoms with E-state index in [2.05, 4.69) is 60.0 Å². The van der Waals surface area contributed by atoms with Gasteiger partial charge < -0.3 is 9.80 Å². The number of aromatic nitrogens is 2. The summed E-state index contributed by atoms with van der Waals surface area (Å²) >= 11 is 0. The molecule has 2 aliphatic heterocycles. The smallest absolute Gasteiger partial charge is 0.113 e. The van der Waals surface area contributed by atoms with Crippen LogP contribution >= 0.6 is 0 Å². The zero-order valence-electron chi connectivity index (χ0n) is 18.7. The Labute approximate surface area is 181 Å². The normalized spacial score (nSPS) is 17.1. The monoisotopic (exact) mass is 404 g/mol. The van der Waals surface area contributed by atoms with Gasteiger partial charge in [-0.05, 0) is 51.0 Å². The van der Waals surface area contributed by atoms with E-state index in [4.69, 9.17) is 9.97 Å². The molecule has 2 aliphatic rings. The van der Waals surface area contributed by atoms with Gasteiger partial charge in [-0.1, -0.05) is 50.7 Å². The first-order chi connectivity index (χ1) is 14.8. The van der Waals surface area contributed by atoms with Crippen molar-refractivity contribution in [1.82, 2.24) is 9.97 Å². The lowest BCUT2D eigenvalue weighted by Crippen LogP contribution is -2.25. The third kappa shape index (κ3) is 4.53. The molecule has 0 aliphatic carbocycles. The van der Waals surface area contributed by atoms with E-state index in [0.717, 1.165) is 48.2 Å². The molecule has 160 valence electrons. The maximum absolute atomic E-state index is 5.13. The van der Waals surface area contributed by atoms with E-state index < -0.39 is 0 Å². The Morgan fingerprint density at radius 3 is 1.40 bits per heavy atom. The van der Waals surface area contributed by atoms with Crippen LogP contribution in [0, 0.1) is 0 Å². The molecule has 0 N–H and O–H groups in total. The molecule has 3 heterocycles. The fourth-order valence-corrected chi connectivity index (χ4v) is 4.76. The predicted molar refractivity (Wildman–Crippen MR) is 130 cm³/mol. The fraction of sp³-hybridized carbons (Fsp3) is 0.538. The number of hydrogen-bond donors (Lipinski definition) is 0. The molecule has 1 aromatic heterocycles. The predicted octanol–water partition coefficient (Wildman–Crippen LogP) is 6.57. The van der Waals surface area contributed by atoms with Crippen LogP contribution in [0.4, 0.5) is 11.4 Å². The Morgan fingerprint density at radius 2 is 1.00 bits per heavy atom. The summed E-state index contributed by atoms with van der Waals surface area (Å²) in [5.74, 6) is 0. The van der Waals surface area contributed by atoms with Crippen molar-refractivity contribution >= 4 is 33.4 Å². The van der Waals surface area contributed by atoms with Crippen LogP contribution in [0.1, 0.15) is 65.2 Å². The fourth-order valence-electron chi connectivity index (χ4n) is 4.76. The van der Waals surface area contributed by atoms with E-state index >= 15 is 0 Å². The number of nitrogens with zero attached hydrogens (tertiary/aromatic N) is 4. The van der Waals surface area contributed by atoms with Gasteiger partial charge in [-0.15, -0.1) is 0 Å². The molecule has 0 amide bonds. The lowest BCUT2D eigenvalue weighted by atomic mass is 10.1. The average molecular weight is 405 g/mol. The molecule has 0 saturated carbocycles. The van der Waals surface area contributed by atoms with Crippen LogP contribution in [0.5, 0.6) is 0 Å². The topological polar surface area (TPSA) is 32.3 Å². The van der Waals surface area contributed by atoms with Gasteiger partial charge in [-0.2, -0.15) is 0 Å². The lowest BCUT2D eigenvalue weighted by molar-refractivity contribution is 0.563. The first-order valence-corrected chi connectivity index (χ1v) is 12.0. The van der Waals surface area contributed by atoms with Gasteiger partial charge in [-0.25, -0.2) is 9.97 Å². The Bertz CT molecular complexity index is 888. The van der Waals surface area contributed by atoms with Gasteiger partial charge in [0.15, 0.2) is 0 Å². The van der Waals surface area contributed by atoms with E-state index in [1.807, 2.05) is 0 Å². The number of benzene rings is 2. The Kier molecular flexibility index (Phi) is 7.03. The molecule has 4 nitrogen and oxygen atoms in total. The van der Waals surface area contributed by atoms with E-state index in [1.165, 1.54) is 62.7 Å². The Morgan fingerprint density at radius 1 is 0.600 bits per heavy atom. The van der Waals surface area contributed by atoms with Crippen molar-refractivity contribution in [3.8, 4) is 0 Å². The van der Waals surface area contributed by atoms with Gasteiger partial charge in [0.05, 0.1) is 22.4 Å². The van der Waals surface area contributed by atoms with Crippen LogP contribution in [-0.2, 0) is 0 Å². The van der Waals surface area contributed by atoms with Gasteiger partial charge in [0, 0.05) is 26.2 Å². The summed E-state index contributed by atoms with van der Waals surface area (Å²) in [5, 5.41) is 0. The summed E-state index contributed by atoms with van der Waals surface area (Å²) in [6.07, 6.45) is 10.6. The summed E-state index contributed by atoms with van der Waals surface area (Å²) in [6.45, 7) is 8.69. The molecule has 2 aromatic carbocycles. The summed E-state index contributed by atoms with van der Waals surface area (Å²) in [4.78, 5) is 15.2. The summed E-state index contributed by atoms with van der Waals surface area (Å²) in [5.41, 5.74) is 6.53. The number of anilines is 2. The molecule has 3 aromatic rings. The molecule has 0 unspecified atom stereocenters. The zero-order chi connectivity index (χ0) is 20.8. The van der Waals surface area contributed by atoms with Gasteiger partial charge in [0.25, 0.3) is 0 Å². The molecular weight excluding hydrogens is 368 g/mol. The second-order valence-electron chi connectivity index (χ2n) is 8.50. The van der Waals surface area contributed by atoms with Crippen molar-refractivity contribution in [3.63, 3.8) is 0 Å². The van der Waals surface area contributed by atoms with E-state index in [1.54, 1.807) is 0 Å². The number of para-hydroxylation sites is 2. The summed E-state index contributed by atoms with van der Waals surface area (Å²) < 4.78 is 0. The third-order valence-electron chi connectivity index (χ3n) is 6.50. The quantitative estimate of drug-likeness (QED) is 0.452. The minimum atomic E-state index is 1.00. The summed E-state index contributed by atoms with van der Waals surface area (Å²) in [6, 6.07) is 12.9. The summed E-state index contributed by atoms with van der Waals surface area (Å²) in [7, 11) is 0. The lowest BCUT2D eigenvalue weighted by Gasteiger charge is -2.26. The van der Waals surface area contributed by atoms with Crippen LogP contribution in [-0.4, -0.2) is 36.1 Å². The second-order valence-corrected chi connectivity index (χ2v) is 8.50. The minimum Gasteiger partial charge on any atom is -0.370 e. The van der Waals surface area contributed by atoms with E-state index in [9.17, 15) is 0 Å². The highest BCUT2D eigenvalue weighted by atomic mass is 15.1. The first-order valence-electron chi connectivity index (χ1n) is 12.0. The largest absolute Gasteiger partial charge is 0.370 e. The third-order valence-corrected chi connectivity index (χ3v) is 6.50. The van der Waals surface area contributed by atoms with E-state index in [-0.39, 0.29) is 0 Å². The average Bonchev–Trinajstić information content (AvgIpc) is 2.78. The number of rotatable bonds is 2. The van der Waals surface area contributed by atoms with Crippen molar-refractivity contribution < 1.29 is 0 Å². The molecule has 0 saturated heterocycles. The maximum atomic E-state index is 5.13. The molecule has 0 fully saturated rings. The molecule has 0 radical (unpaired) electrons. The van der Waals surface area contributed by atoms with Gasteiger partial charge in [-0.3, -0.25) is 0 Å². The van der Waals surface area contributed by atoms with Crippen molar-refractivity contribution in [3.05, 3.63) is 36.4 Å². The van der Waals surface area contributed by atoms with Crippen molar-refractivity contribution in [2.75, 3.05) is 36.0 Å². The van der Waals surface area contributed by atoms with Crippen LogP contribution in [0.3, 0.4) is 0 Å². The molecule has 30 heavy (non-hydrogen) atoms. The zero-order valence-corrected chi connectivity index (χ0v) is 18.7. The van der Waals surface area contributed by atoms with Crippen LogP contribution < -0.4 is 9.80 Å². The number of fused-ring (bicyclic) bond motifs is 11. The van der Waals surface area contributed by atoms with Crippen LogP contribution in [0.15, 0.2) is 36.4 Å². The molecule has 0 atom stereocenters. The minimum absolute atomic E-state index is 1.00. The number of hydrogen-bond acceptors (Lipinski definition) is 4. The van der Waals surface area contributed by atoms with Crippen molar-refractivity contribution in [1.29, 1.82) is 0 Å². The van der Waals surface area contributed by atoms with Crippen LogP contribution in [0.25, 0.3) is 22.1 Å². The SMILES string of the molecule is CCN1CCCCCCCCCCN(CC)c2cccc3nc4c1cccc4nc23. The standard InChI is InChI=1S/C26H36N4/c1-3-29-19-11-9-7-5-6-8-10-12-20-30(4-2)24-18-14-16-22-26(24)28-21-15-13-17-23(29)25(21)27-22/h13-18H,3-12,19-20H2,1-2H3. The van der Waals surface area contributed by atoms with E-state index in [0.29, 0.717) is 0 Å². The van der Waals surface area contributed by atoms with Crippen LogP contribution in [0.2, 0.25) is 0 Å². The van der Waals surface area contributed by atoms with Crippen molar-refractivity contribution in [2.45, 2.75) is 65.2 Å². The van der Waals surface area contributed by atoms with Gasteiger partial charge in [0.1, 0.15) is 11.0 Å². The van der Waals surface area contributed by atoms with Gasteiger partial charge >= 0.3 is 0 Å². The highest BCUT2D eigenvalue weighted by molar-refractivity contribution is 5.98. The molecule has 0 spiro atoms. The highest BCUT2D eigenvalue weighted by Crippen LogP contribution is 2.31. The van der Waals surface area contributed by atoms with Gasteiger partial charge in [0.2, 0.25) is 0 Å². The second kappa shape index (κ2) is 10.1. The molecular formula is C26H36N4. The molecule has 4 heteroatoms. The first kappa shape index (κ1) is 20.9. The Balaban J connectivity index is 1.80.